The Balaban J connectivity index is 1.94. The molecule has 0 saturated carbocycles. The van der Waals surface area contributed by atoms with Gasteiger partial charge in [-0.05, 0) is 48.5 Å². The van der Waals surface area contributed by atoms with Gasteiger partial charge in [-0.3, -0.25) is 4.79 Å². The van der Waals surface area contributed by atoms with Crippen molar-refractivity contribution < 1.29 is 22.3 Å². The van der Waals surface area contributed by atoms with Crippen LogP contribution in [-0.2, 0) is 10.0 Å². The Morgan fingerprint density at radius 3 is 2.12 bits per heavy atom. The largest absolute Gasteiger partial charge is 0.492 e. The predicted octanol–water partition coefficient (Wildman–Crippen LogP) is 2.23. The fourth-order valence-corrected chi connectivity index (χ4v) is 3.04. The lowest BCUT2D eigenvalue weighted by Crippen LogP contribution is -2.31. The highest BCUT2D eigenvalue weighted by atomic mass is 32.2. The maximum absolute atomic E-state index is 12.8. The summed E-state index contributed by atoms with van der Waals surface area (Å²) in [5, 5.41) is 0. The zero-order valence-electron chi connectivity index (χ0n) is 14.8. The van der Waals surface area contributed by atoms with Gasteiger partial charge >= 0.3 is 0 Å². The summed E-state index contributed by atoms with van der Waals surface area (Å²) in [6.07, 6.45) is 0. The highest BCUT2D eigenvalue weighted by molar-refractivity contribution is 7.89. The molecule has 0 N–H and O–H groups in total. The quantitative estimate of drug-likeness (QED) is 0.739. The summed E-state index contributed by atoms with van der Waals surface area (Å²) in [7, 11) is 0.995. The van der Waals surface area contributed by atoms with Gasteiger partial charge in [0, 0.05) is 26.7 Å². The molecule has 8 heteroatoms. The first kappa shape index (κ1) is 19.9. The SMILES string of the molecule is CN(CCOc1ccc(F)cc1)C(=O)c1ccc(S(=O)(=O)N(C)C)cc1. The topological polar surface area (TPSA) is 66.9 Å². The Kier molecular flexibility index (Phi) is 6.33. The fraction of sp³-hybridized carbons (Fsp3) is 0.278. The van der Waals surface area contributed by atoms with Gasteiger partial charge in [0.25, 0.3) is 5.91 Å². The number of ether oxygens (including phenoxy) is 1. The van der Waals surface area contributed by atoms with Crippen molar-refractivity contribution in [1.82, 2.24) is 9.21 Å². The van der Waals surface area contributed by atoms with Gasteiger partial charge in [-0.25, -0.2) is 17.1 Å². The van der Waals surface area contributed by atoms with E-state index >= 15 is 0 Å². The molecule has 6 nitrogen and oxygen atoms in total. The molecule has 0 fully saturated rings. The second-order valence-corrected chi connectivity index (χ2v) is 7.99. The third-order valence-electron chi connectivity index (χ3n) is 3.74. The molecule has 1 amide bonds. The lowest BCUT2D eigenvalue weighted by atomic mass is 10.2. The van der Waals surface area contributed by atoms with Crippen molar-refractivity contribution in [3.63, 3.8) is 0 Å². The standard InChI is InChI=1S/C18H21FN2O4S/c1-20(2)26(23,24)17-10-4-14(5-11-17)18(22)21(3)12-13-25-16-8-6-15(19)7-9-16/h4-11H,12-13H2,1-3H3. The van der Waals surface area contributed by atoms with Gasteiger partial charge in [-0.2, -0.15) is 0 Å². The number of hydrogen-bond donors (Lipinski definition) is 0. The molecule has 0 unspecified atom stereocenters. The Bertz CT molecular complexity index is 850. The Labute approximate surface area is 152 Å². The van der Waals surface area contributed by atoms with Crippen LogP contribution >= 0.6 is 0 Å². The lowest BCUT2D eigenvalue weighted by molar-refractivity contribution is 0.0773. The molecule has 2 rings (SSSR count). The molecule has 2 aromatic rings. The molecule has 2 aromatic carbocycles. The number of sulfonamides is 1. The normalized spacial score (nSPS) is 11.4. The highest BCUT2D eigenvalue weighted by Gasteiger charge is 2.18. The third-order valence-corrected chi connectivity index (χ3v) is 5.56. The van der Waals surface area contributed by atoms with E-state index in [1.807, 2.05) is 0 Å². The maximum Gasteiger partial charge on any atom is 0.253 e. The number of hydrogen-bond acceptors (Lipinski definition) is 4. The van der Waals surface area contributed by atoms with Crippen LogP contribution in [0.1, 0.15) is 10.4 Å². The average Bonchev–Trinajstić information content (AvgIpc) is 2.62. The molecule has 0 aliphatic carbocycles. The number of halogens is 1. The minimum absolute atomic E-state index is 0.126. The average molecular weight is 380 g/mol. The number of amides is 1. The van der Waals surface area contributed by atoms with Crippen LogP contribution in [0.3, 0.4) is 0 Å². The summed E-state index contributed by atoms with van der Waals surface area (Å²) < 4.78 is 43.5. The maximum atomic E-state index is 12.8. The van der Waals surface area contributed by atoms with Crippen molar-refractivity contribution >= 4 is 15.9 Å². The van der Waals surface area contributed by atoms with E-state index in [0.717, 1.165) is 4.31 Å². The molecule has 26 heavy (non-hydrogen) atoms. The van der Waals surface area contributed by atoms with Crippen LogP contribution in [0.25, 0.3) is 0 Å². The van der Waals surface area contributed by atoms with E-state index in [4.69, 9.17) is 4.74 Å². The van der Waals surface area contributed by atoms with E-state index in [-0.39, 0.29) is 23.2 Å². The zero-order valence-corrected chi connectivity index (χ0v) is 15.7. The molecular weight excluding hydrogens is 359 g/mol. The second kappa shape index (κ2) is 8.29. The van der Waals surface area contributed by atoms with Gasteiger partial charge in [-0.1, -0.05) is 0 Å². The van der Waals surface area contributed by atoms with E-state index in [0.29, 0.717) is 17.9 Å². The van der Waals surface area contributed by atoms with Gasteiger partial charge < -0.3 is 9.64 Å². The van der Waals surface area contributed by atoms with Crippen LogP contribution < -0.4 is 4.74 Å². The summed E-state index contributed by atoms with van der Waals surface area (Å²) in [6, 6.07) is 11.4. The molecule has 0 heterocycles. The van der Waals surface area contributed by atoms with Crippen molar-refractivity contribution in [3.05, 3.63) is 59.9 Å². The molecule has 0 aliphatic rings. The van der Waals surface area contributed by atoms with Crippen molar-refractivity contribution in [1.29, 1.82) is 0 Å². The fourth-order valence-electron chi connectivity index (χ4n) is 2.13. The number of likely N-dealkylation sites (N-methyl/N-ethyl adjacent to an activating group) is 1. The van der Waals surface area contributed by atoms with Crippen LogP contribution in [0, 0.1) is 5.82 Å². The van der Waals surface area contributed by atoms with E-state index in [2.05, 4.69) is 0 Å². The Morgan fingerprint density at radius 2 is 1.58 bits per heavy atom. The monoisotopic (exact) mass is 380 g/mol. The molecular formula is C18H21FN2O4S. The van der Waals surface area contributed by atoms with E-state index < -0.39 is 10.0 Å². The number of nitrogens with zero attached hydrogens (tertiary/aromatic N) is 2. The van der Waals surface area contributed by atoms with Crippen LogP contribution in [0.4, 0.5) is 4.39 Å². The summed E-state index contributed by atoms with van der Waals surface area (Å²) >= 11 is 0. The molecule has 140 valence electrons. The van der Waals surface area contributed by atoms with Crippen molar-refractivity contribution in [2.24, 2.45) is 0 Å². The van der Waals surface area contributed by atoms with Crippen LogP contribution in [0.2, 0.25) is 0 Å². The van der Waals surface area contributed by atoms with Crippen molar-refractivity contribution in [3.8, 4) is 5.75 Å². The van der Waals surface area contributed by atoms with Crippen molar-refractivity contribution in [2.45, 2.75) is 4.90 Å². The van der Waals surface area contributed by atoms with Crippen LogP contribution in [0.15, 0.2) is 53.4 Å². The minimum atomic E-state index is -3.53. The Morgan fingerprint density at radius 1 is 1.00 bits per heavy atom. The minimum Gasteiger partial charge on any atom is -0.492 e. The molecule has 0 saturated heterocycles. The summed E-state index contributed by atoms with van der Waals surface area (Å²) in [4.78, 5) is 14.0. The molecule has 0 aromatic heterocycles. The van der Waals surface area contributed by atoms with Gasteiger partial charge in [0.05, 0.1) is 11.4 Å². The second-order valence-electron chi connectivity index (χ2n) is 5.84. The molecule has 0 spiro atoms. The van der Waals surface area contributed by atoms with Gasteiger partial charge in [0.1, 0.15) is 18.2 Å². The number of benzene rings is 2. The zero-order chi connectivity index (χ0) is 19.3. The lowest BCUT2D eigenvalue weighted by Gasteiger charge is -2.18. The van der Waals surface area contributed by atoms with Crippen LogP contribution in [-0.4, -0.2) is 57.8 Å². The molecule has 0 aliphatic heterocycles. The first-order valence-electron chi connectivity index (χ1n) is 7.88. The molecule has 0 bridgehead atoms. The van der Waals surface area contributed by atoms with Crippen molar-refractivity contribution in [2.75, 3.05) is 34.3 Å². The van der Waals surface area contributed by atoms with E-state index in [1.165, 1.54) is 67.5 Å². The number of rotatable bonds is 7. The van der Waals surface area contributed by atoms with Gasteiger partial charge in [-0.15, -0.1) is 0 Å². The third kappa shape index (κ3) is 4.80. The molecule has 0 radical (unpaired) electrons. The first-order valence-corrected chi connectivity index (χ1v) is 9.32. The molecule has 0 atom stereocenters. The van der Waals surface area contributed by atoms with Gasteiger partial charge in [0.15, 0.2) is 0 Å². The predicted molar refractivity (Wildman–Crippen MR) is 96.2 cm³/mol. The summed E-state index contributed by atoms with van der Waals surface area (Å²) in [5.41, 5.74) is 0.381. The number of carbonyl (C=O) groups excluding carboxylic acids is 1. The summed E-state index contributed by atoms with van der Waals surface area (Å²) in [5.74, 6) is -0.0728. The van der Waals surface area contributed by atoms with Crippen LogP contribution in [0.5, 0.6) is 5.75 Å². The van der Waals surface area contributed by atoms with E-state index in [9.17, 15) is 17.6 Å². The smallest absolute Gasteiger partial charge is 0.253 e. The van der Waals surface area contributed by atoms with E-state index in [1.54, 1.807) is 7.05 Å². The van der Waals surface area contributed by atoms with Gasteiger partial charge in [0.2, 0.25) is 10.0 Å². The highest BCUT2D eigenvalue weighted by Crippen LogP contribution is 2.15. The number of carbonyl (C=O) groups is 1. The first-order chi connectivity index (χ1) is 12.2. The Hall–Kier alpha value is -2.45. The summed E-state index contributed by atoms with van der Waals surface area (Å²) in [6.45, 7) is 0.578.